The first-order valence-electron chi connectivity index (χ1n) is 11.1. The monoisotopic (exact) mass is 355 g/mol. The fraction of sp³-hybridized carbons (Fsp3) is 0.955. The predicted molar refractivity (Wildman–Crippen MR) is 106 cm³/mol. The molecule has 0 aliphatic rings. The van der Waals surface area contributed by atoms with Crippen molar-refractivity contribution in [1.29, 1.82) is 0 Å². The number of rotatable bonds is 18. The zero-order chi connectivity index (χ0) is 19.0. The van der Waals surface area contributed by atoms with E-state index in [9.17, 15) is 9.90 Å². The molecule has 0 spiro atoms. The van der Waals surface area contributed by atoms with Crippen molar-refractivity contribution in [2.24, 2.45) is 0 Å². The lowest BCUT2D eigenvalue weighted by Gasteiger charge is -2.46. The highest BCUT2D eigenvalue weighted by atomic mass is 16.4. The van der Waals surface area contributed by atoms with E-state index in [4.69, 9.17) is 0 Å². The maximum absolute atomic E-state index is 12.1. The number of carboxylic acid groups (broad SMARTS) is 1. The maximum Gasteiger partial charge on any atom is 0.129 e. The second-order valence-corrected chi connectivity index (χ2v) is 7.84. The van der Waals surface area contributed by atoms with Crippen LogP contribution in [0.15, 0.2) is 0 Å². The molecule has 0 rings (SSSR count). The van der Waals surface area contributed by atoms with Gasteiger partial charge in [-0.1, -0.05) is 79.1 Å². The molecule has 0 N–H and O–H groups in total. The first-order valence-corrected chi connectivity index (χ1v) is 11.1. The van der Waals surface area contributed by atoms with Gasteiger partial charge in [-0.05, 0) is 25.7 Å². The van der Waals surface area contributed by atoms with Crippen molar-refractivity contribution in [1.82, 2.24) is 0 Å². The summed E-state index contributed by atoms with van der Waals surface area (Å²) in [6.45, 7) is 11.9. The number of carboxylic acids is 1. The van der Waals surface area contributed by atoms with Gasteiger partial charge in [-0.3, -0.25) is 0 Å². The summed E-state index contributed by atoms with van der Waals surface area (Å²) in [5.74, 6) is -0.808. The highest BCUT2D eigenvalue weighted by Crippen LogP contribution is 2.24. The lowest BCUT2D eigenvalue weighted by molar-refractivity contribution is -0.946. The minimum absolute atomic E-state index is 0.309. The normalized spacial score (nSPS) is 13.1. The molecule has 1 atom stereocenters. The number of quaternary nitrogens is 1. The highest BCUT2D eigenvalue weighted by Gasteiger charge is 2.36. The van der Waals surface area contributed by atoms with E-state index in [0.717, 1.165) is 75.5 Å². The zero-order valence-corrected chi connectivity index (χ0v) is 17.7. The topological polar surface area (TPSA) is 40.1 Å². The average molecular weight is 356 g/mol. The number of hydrogen-bond donors (Lipinski definition) is 0. The van der Waals surface area contributed by atoms with Crippen LogP contribution in [-0.2, 0) is 4.79 Å². The molecule has 3 heteroatoms. The van der Waals surface area contributed by atoms with Crippen LogP contribution in [0, 0.1) is 0 Å². The predicted octanol–water partition coefficient (Wildman–Crippen LogP) is 5.07. The Morgan fingerprint density at radius 1 is 0.680 bits per heavy atom. The molecular weight excluding hydrogens is 310 g/mol. The molecule has 0 fully saturated rings. The Hall–Kier alpha value is -0.570. The van der Waals surface area contributed by atoms with Crippen molar-refractivity contribution in [3.63, 3.8) is 0 Å². The van der Waals surface area contributed by atoms with E-state index in [1.54, 1.807) is 0 Å². The molecule has 1 unspecified atom stereocenters. The molecule has 0 aromatic rings. The van der Waals surface area contributed by atoms with Gasteiger partial charge in [0.25, 0.3) is 0 Å². The third-order valence-electron chi connectivity index (χ3n) is 5.64. The lowest BCUT2D eigenvalue weighted by Crippen LogP contribution is -2.63. The molecule has 3 nitrogen and oxygen atoms in total. The van der Waals surface area contributed by atoms with Gasteiger partial charge in [-0.15, -0.1) is 0 Å². The minimum Gasteiger partial charge on any atom is -0.544 e. The van der Waals surface area contributed by atoms with Crippen LogP contribution in [0.3, 0.4) is 0 Å². The standard InChI is InChI=1S/C22H45NO2/c1-5-9-13-14-15-16-17-21(22(24)25)23(18-10-6-2,19-11-7-3)20-12-8-4/h21H,5-20H2,1-4H3. The van der Waals surface area contributed by atoms with Crippen molar-refractivity contribution < 1.29 is 14.4 Å². The smallest absolute Gasteiger partial charge is 0.129 e. The molecule has 0 bridgehead atoms. The van der Waals surface area contributed by atoms with E-state index in [1.807, 2.05) is 0 Å². The molecule has 0 aromatic heterocycles. The maximum atomic E-state index is 12.1. The van der Waals surface area contributed by atoms with Crippen LogP contribution in [0.1, 0.15) is 111 Å². The molecular formula is C22H45NO2. The fourth-order valence-corrected chi connectivity index (χ4v) is 3.96. The van der Waals surface area contributed by atoms with E-state index in [1.165, 1.54) is 32.1 Å². The fourth-order valence-electron chi connectivity index (χ4n) is 3.96. The second kappa shape index (κ2) is 15.7. The van der Waals surface area contributed by atoms with Crippen molar-refractivity contribution in [3.05, 3.63) is 0 Å². The highest BCUT2D eigenvalue weighted by molar-refractivity contribution is 5.69. The van der Waals surface area contributed by atoms with Crippen LogP contribution in [0.5, 0.6) is 0 Å². The van der Waals surface area contributed by atoms with E-state index >= 15 is 0 Å². The van der Waals surface area contributed by atoms with E-state index in [0.29, 0.717) is 0 Å². The Morgan fingerprint density at radius 3 is 1.48 bits per heavy atom. The Labute approximate surface area is 157 Å². The second-order valence-electron chi connectivity index (χ2n) is 7.84. The van der Waals surface area contributed by atoms with Crippen LogP contribution >= 0.6 is 0 Å². The molecule has 0 saturated heterocycles. The van der Waals surface area contributed by atoms with E-state index in [-0.39, 0.29) is 6.04 Å². The third-order valence-corrected chi connectivity index (χ3v) is 5.64. The van der Waals surface area contributed by atoms with Gasteiger partial charge in [-0.2, -0.15) is 0 Å². The average Bonchev–Trinajstić information content (AvgIpc) is 2.61. The molecule has 0 radical (unpaired) electrons. The first-order chi connectivity index (χ1) is 12.1. The quantitative estimate of drug-likeness (QED) is 0.254. The molecule has 25 heavy (non-hydrogen) atoms. The number of carbonyl (C=O) groups excluding carboxylic acids is 1. The number of unbranched alkanes of at least 4 members (excludes halogenated alkanes) is 8. The van der Waals surface area contributed by atoms with Crippen LogP contribution in [0.4, 0.5) is 0 Å². The molecule has 0 saturated carbocycles. The van der Waals surface area contributed by atoms with Gasteiger partial charge in [0.05, 0.1) is 25.6 Å². The Bertz CT molecular complexity index is 295. The summed E-state index contributed by atoms with van der Waals surface area (Å²) in [4.78, 5) is 12.1. The van der Waals surface area contributed by atoms with Crippen molar-refractivity contribution in [2.75, 3.05) is 19.6 Å². The van der Waals surface area contributed by atoms with Crippen LogP contribution < -0.4 is 5.11 Å². The third kappa shape index (κ3) is 10.2. The molecule has 150 valence electrons. The minimum atomic E-state index is -0.808. The number of hydrogen-bond acceptors (Lipinski definition) is 2. The summed E-state index contributed by atoms with van der Waals surface area (Å²) in [6, 6.07) is -0.309. The Kier molecular flexibility index (Phi) is 15.3. The van der Waals surface area contributed by atoms with Gasteiger partial charge in [0.15, 0.2) is 0 Å². The lowest BCUT2D eigenvalue weighted by atomic mass is 10.00. The SMILES string of the molecule is CCCCCCCCC(C(=O)[O-])[N+](CCCC)(CCCC)CCCC. The van der Waals surface area contributed by atoms with Crippen LogP contribution in [0.25, 0.3) is 0 Å². The molecule has 0 aliphatic carbocycles. The van der Waals surface area contributed by atoms with Gasteiger partial charge in [-0.25, -0.2) is 0 Å². The zero-order valence-electron chi connectivity index (χ0n) is 17.7. The first kappa shape index (κ1) is 24.4. The van der Waals surface area contributed by atoms with Crippen LogP contribution in [0.2, 0.25) is 0 Å². The molecule has 0 heterocycles. The summed E-state index contributed by atoms with van der Waals surface area (Å²) in [7, 11) is 0. The Balaban J connectivity index is 4.99. The summed E-state index contributed by atoms with van der Waals surface area (Å²) >= 11 is 0. The number of carbonyl (C=O) groups is 1. The molecule has 0 amide bonds. The van der Waals surface area contributed by atoms with Gasteiger partial charge in [0.1, 0.15) is 6.04 Å². The number of aliphatic carboxylic acids is 1. The van der Waals surface area contributed by atoms with Gasteiger partial charge >= 0.3 is 0 Å². The van der Waals surface area contributed by atoms with Gasteiger partial charge in [0.2, 0.25) is 0 Å². The van der Waals surface area contributed by atoms with Gasteiger partial charge in [0, 0.05) is 6.42 Å². The van der Waals surface area contributed by atoms with Crippen molar-refractivity contribution in [2.45, 2.75) is 117 Å². The number of nitrogens with zero attached hydrogens (tertiary/aromatic N) is 1. The summed E-state index contributed by atoms with van der Waals surface area (Å²) < 4.78 is 0.771. The largest absolute Gasteiger partial charge is 0.544 e. The van der Waals surface area contributed by atoms with Gasteiger partial charge < -0.3 is 14.4 Å². The molecule has 0 aliphatic heterocycles. The summed E-state index contributed by atoms with van der Waals surface area (Å²) in [6.07, 6.45) is 14.8. The summed E-state index contributed by atoms with van der Waals surface area (Å²) in [5.41, 5.74) is 0. The van der Waals surface area contributed by atoms with E-state index in [2.05, 4.69) is 27.7 Å². The van der Waals surface area contributed by atoms with Crippen LogP contribution in [-0.4, -0.2) is 36.1 Å². The van der Waals surface area contributed by atoms with Crippen molar-refractivity contribution >= 4 is 5.97 Å². The van der Waals surface area contributed by atoms with Crippen molar-refractivity contribution in [3.8, 4) is 0 Å². The summed E-state index contributed by atoms with van der Waals surface area (Å²) in [5, 5.41) is 12.1. The Morgan fingerprint density at radius 2 is 1.08 bits per heavy atom. The van der Waals surface area contributed by atoms with E-state index < -0.39 is 5.97 Å². The molecule has 0 aromatic carbocycles.